The Morgan fingerprint density at radius 1 is 1.35 bits per heavy atom. The number of piperidine rings is 1. The molecule has 3 heteroatoms. The lowest BCUT2D eigenvalue weighted by Gasteiger charge is -2.41. The molecule has 0 aromatic rings. The van der Waals surface area contributed by atoms with E-state index in [0.29, 0.717) is 12.0 Å². The third-order valence-corrected chi connectivity index (χ3v) is 4.46. The Hall–Kier alpha value is -0.570. The van der Waals surface area contributed by atoms with Crippen molar-refractivity contribution in [2.24, 2.45) is 16.6 Å². The van der Waals surface area contributed by atoms with Crippen molar-refractivity contribution in [3.05, 3.63) is 0 Å². The Morgan fingerprint density at radius 3 is 2.29 bits per heavy atom. The van der Waals surface area contributed by atoms with Crippen LogP contribution < -0.4 is 5.73 Å². The summed E-state index contributed by atoms with van der Waals surface area (Å²) in [4.78, 5) is 14.4. The Kier molecular flexibility index (Phi) is 4.59. The molecule has 0 aromatic heterocycles. The molecule has 1 amide bonds. The Bertz CT molecular complexity index is 265. The van der Waals surface area contributed by atoms with E-state index in [1.54, 1.807) is 0 Å². The van der Waals surface area contributed by atoms with Crippen molar-refractivity contribution < 1.29 is 4.79 Å². The summed E-state index contributed by atoms with van der Waals surface area (Å²) >= 11 is 0. The van der Waals surface area contributed by atoms with Gasteiger partial charge in [0.2, 0.25) is 5.91 Å². The lowest BCUT2D eigenvalue weighted by atomic mass is 9.77. The van der Waals surface area contributed by atoms with Crippen LogP contribution in [0.3, 0.4) is 0 Å². The molecule has 0 bridgehead atoms. The number of rotatable bonds is 4. The first kappa shape index (κ1) is 14.5. The van der Waals surface area contributed by atoms with Crippen molar-refractivity contribution in [3.8, 4) is 0 Å². The van der Waals surface area contributed by atoms with E-state index in [9.17, 15) is 4.79 Å². The first-order chi connectivity index (χ1) is 7.84. The number of nitrogens with two attached hydrogens (primary N) is 1. The molecule has 1 aliphatic rings. The number of nitrogens with zero attached hydrogens (tertiary/aromatic N) is 1. The van der Waals surface area contributed by atoms with E-state index in [4.69, 9.17) is 5.73 Å². The molecule has 17 heavy (non-hydrogen) atoms. The summed E-state index contributed by atoms with van der Waals surface area (Å²) in [6.45, 7) is 11.0. The molecule has 100 valence electrons. The highest BCUT2D eigenvalue weighted by Crippen LogP contribution is 2.35. The van der Waals surface area contributed by atoms with E-state index in [1.165, 1.54) is 6.42 Å². The van der Waals surface area contributed by atoms with Crippen LogP contribution in [0.2, 0.25) is 0 Å². The standard InChI is InChI=1S/C14H28N2O/c1-5-14(4)7-10-16(11-8-14)12(17)13(2,3)6-9-15/h5-11,15H2,1-4H3. The average molecular weight is 240 g/mol. The third-order valence-electron chi connectivity index (χ3n) is 4.46. The van der Waals surface area contributed by atoms with Gasteiger partial charge in [0, 0.05) is 18.5 Å². The van der Waals surface area contributed by atoms with Gasteiger partial charge in [-0.15, -0.1) is 0 Å². The van der Waals surface area contributed by atoms with Gasteiger partial charge >= 0.3 is 0 Å². The van der Waals surface area contributed by atoms with Gasteiger partial charge in [0.25, 0.3) is 0 Å². The fourth-order valence-electron chi connectivity index (χ4n) is 2.50. The number of hydrogen-bond acceptors (Lipinski definition) is 2. The summed E-state index contributed by atoms with van der Waals surface area (Å²) in [5.41, 5.74) is 5.72. The van der Waals surface area contributed by atoms with E-state index in [2.05, 4.69) is 13.8 Å². The van der Waals surface area contributed by atoms with E-state index in [1.807, 2.05) is 18.7 Å². The van der Waals surface area contributed by atoms with Crippen LogP contribution in [0, 0.1) is 10.8 Å². The van der Waals surface area contributed by atoms with Crippen molar-refractivity contribution >= 4 is 5.91 Å². The van der Waals surface area contributed by atoms with Crippen LogP contribution in [0.5, 0.6) is 0 Å². The zero-order chi connectivity index (χ0) is 13.1. The summed E-state index contributed by atoms with van der Waals surface area (Å²) in [6.07, 6.45) is 4.25. The molecule has 2 N–H and O–H groups in total. The summed E-state index contributed by atoms with van der Waals surface area (Å²) in [6, 6.07) is 0. The van der Waals surface area contributed by atoms with Gasteiger partial charge in [-0.3, -0.25) is 4.79 Å². The Balaban J connectivity index is 2.57. The maximum absolute atomic E-state index is 12.4. The minimum absolute atomic E-state index is 0.279. The molecule has 0 atom stereocenters. The summed E-state index contributed by atoms with van der Waals surface area (Å²) in [5, 5.41) is 0. The SMILES string of the molecule is CCC1(C)CCN(C(=O)C(C)(C)CCN)CC1. The molecule has 0 aromatic carbocycles. The van der Waals surface area contributed by atoms with Gasteiger partial charge in [-0.25, -0.2) is 0 Å². The zero-order valence-electron chi connectivity index (χ0n) is 11.9. The van der Waals surface area contributed by atoms with E-state index in [-0.39, 0.29) is 11.3 Å². The molecule has 1 aliphatic heterocycles. The van der Waals surface area contributed by atoms with Crippen LogP contribution in [-0.4, -0.2) is 30.4 Å². The molecule has 1 saturated heterocycles. The topological polar surface area (TPSA) is 46.3 Å². The zero-order valence-corrected chi connectivity index (χ0v) is 11.9. The van der Waals surface area contributed by atoms with Crippen LogP contribution in [0.25, 0.3) is 0 Å². The first-order valence-electron chi connectivity index (χ1n) is 6.84. The minimum atomic E-state index is -0.297. The summed E-state index contributed by atoms with van der Waals surface area (Å²) < 4.78 is 0. The van der Waals surface area contributed by atoms with E-state index < -0.39 is 0 Å². The molecule has 1 rings (SSSR count). The Morgan fingerprint density at radius 2 is 1.88 bits per heavy atom. The number of likely N-dealkylation sites (tertiary alicyclic amines) is 1. The van der Waals surface area contributed by atoms with Crippen molar-refractivity contribution in [2.75, 3.05) is 19.6 Å². The molecule has 1 heterocycles. The highest BCUT2D eigenvalue weighted by atomic mass is 16.2. The fraction of sp³-hybridized carbons (Fsp3) is 0.929. The number of carbonyl (C=O) groups excluding carboxylic acids is 1. The van der Waals surface area contributed by atoms with Gasteiger partial charge < -0.3 is 10.6 Å². The molecular formula is C14H28N2O. The predicted octanol–water partition coefficient (Wildman–Crippen LogP) is 2.40. The molecule has 3 nitrogen and oxygen atoms in total. The highest BCUT2D eigenvalue weighted by molar-refractivity contribution is 5.82. The van der Waals surface area contributed by atoms with Gasteiger partial charge in [0.1, 0.15) is 0 Å². The molecule has 0 aliphatic carbocycles. The van der Waals surface area contributed by atoms with Gasteiger partial charge in [0.15, 0.2) is 0 Å². The van der Waals surface area contributed by atoms with Crippen molar-refractivity contribution in [3.63, 3.8) is 0 Å². The molecule has 0 unspecified atom stereocenters. The second kappa shape index (κ2) is 5.38. The second-order valence-corrected chi connectivity index (χ2v) is 6.38. The molecular weight excluding hydrogens is 212 g/mol. The number of carbonyl (C=O) groups is 1. The predicted molar refractivity (Wildman–Crippen MR) is 71.7 cm³/mol. The largest absolute Gasteiger partial charge is 0.342 e. The lowest BCUT2D eigenvalue weighted by Crippen LogP contribution is -2.47. The van der Waals surface area contributed by atoms with Crippen LogP contribution in [0.1, 0.15) is 53.4 Å². The molecule has 0 spiro atoms. The minimum Gasteiger partial charge on any atom is -0.342 e. The van der Waals surface area contributed by atoms with Crippen molar-refractivity contribution in [1.82, 2.24) is 4.90 Å². The molecule has 0 saturated carbocycles. The van der Waals surface area contributed by atoms with Crippen LogP contribution in [-0.2, 0) is 4.79 Å². The van der Waals surface area contributed by atoms with Gasteiger partial charge in [-0.05, 0) is 31.2 Å². The summed E-state index contributed by atoms with van der Waals surface area (Å²) in [5.74, 6) is 0.279. The van der Waals surface area contributed by atoms with Crippen LogP contribution in [0.4, 0.5) is 0 Å². The van der Waals surface area contributed by atoms with E-state index in [0.717, 1.165) is 32.4 Å². The molecule has 0 radical (unpaired) electrons. The van der Waals surface area contributed by atoms with Gasteiger partial charge in [-0.2, -0.15) is 0 Å². The Labute approximate surface area is 106 Å². The average Bonchev–Trinajstić information content (AvgIpc) is 2.29. The third kappa shape index (κ3) is 3.44. The first-order valence-corrected chi connectivity index (χ1v) is 6.84. The van der Waals surface area contributed by atoms with Crippen molar-refractivity contribution in [1.29, 1.82) is 0 Å². The normalized spacial score (nSPS) is 20.4. The smallest absolute Gasteiger partial charge is 0.228 e. The van der Waals surface area contributed by atoms with Crippen LogP contribution >= 0.6 is 0 Å². The lowest BCUT2D eigenvalue weighted by molar-refractivity contribution is -0.142. The van der Waals surface area contributed by atoms with Gasteiger partial charge in [-0.1, -0.05) is 34.1 Å². The number of hydrogen-bond donors (Lipinski definition) is 1. The maximum atomic E-state index is 12.4. The van der Waals surface area contributed by atoms with Crippen molar-refractivity contribution in [2.45, 2.75) is 53.4 Å². The maximum Gasteiger partial charge on any atom is 0.228 e. The second-order valence-electron chi connectivity index (χ2n) is 6.38. The highest BCUT2D eigenvalue weighted by Gasteiger charge is 2.36. The fourth-order valence-corrected chi connectivity index (χ4v) is 2.50. The van der Waals surface area contributed by atoms with Gasteiger partial charge in [0.05, 0.1) is 0 Å². The monoisotopic (exact) mass is 240 g/mol. The summed E-state index contributed by atoms with van der Waals surface area (Å²) in [7, 11) is 0. The molecule has 1 fully saturated rings. The van der Waals surface area contributed by atoms with Crippen LogP contribution in [0.15, 0.2) is 0 Å². The van der Waals surface area contributed by atoms with E-state index >= 15 is 0 Å². The quantitative estimate of drug-likeness (QED) is 0.820. The number of amides is 1.